The first-order chi connectivity index (χ1) is 12.0. The highest BCUT2D eigenvalue weighted by atomic mass is 32.1. The minimum Gasteiger partial charge on any atom is -0.298 e. The predicted octanol–water partition coefficient (Wildman–Crippen LogP) is 4.57. The first kappa shape index (κ1) is 16.9. The second-order valence-electron chi connectivity index (χ2n) is 4.80. The zero-order valence-electron chi connectivity index (χ0n) is 12.5. The Morgan fingerprint density at radius 3 is 2.68 bits per heavy atom. The van der Waals surface area contributed by atoms with Gasteiger partial charge in [0.2, 0.25) is 5.91 Å². The standard InChI is InChI=1S/C16H10FN3O3S2/c17-11-3-1-10(2-4-11)13-9-24-16(18-13)19-14(21)7-5-12-6-8-15(25-12)20(22)23/h1-9H,(H,18,19,21)/b7-5+. The zero-order chi connectivity index (χ0) is 17.8. The smallest absolute Gasteiger partial charge is 0.298 e. The van der Waals surface area contributed by atoms with Crippen LogP contribution in [0.15, 0.2) is 47.9 Å². The third-order valence-electron chi connectivity index (χ3n) is 3.07. The van der Waals surface area contributed by atoms with E-state index in [-0.39, 0.29) is 10.8 Å². The van der Waals surface area contributed by atoms with E-state index >= 15 is 0 Å². The number of carbonyl (C=O) groups excluding carboxylic acids is 1. The van der Waals surface area contributed by atoms with Gasteiger partial charge in [0.25, 0.3) is 0 Å². The van der Waals surface area contributed by atoms with Gasteiger partial charge in [0.1, 0.15) is 5.82 Å². The Morgan fingerprint density at radius 1 is 1.24 bits per heavy atom. The molecule has 0 atom stereocenters. The van der Waals surface area contributed by atoms with E-state index in [1.807, 2.05) is 0 Å². The average molecular weight is 375 g/mol. The zero-order valence-corrected chi connectivity index (χ0v) is 14.1. The molecule has 0 saturated heterocycles. The normalized spacial score (nSPS) is 10.9. The second-order valence-corrected chi connectivity index (χ2v) is 6.75. The number of rotatable bonds is 5. The summed E-state index contributed by atoms with van der Waals surface area (Å²) in [6.45, 7) is 0. The summed E-state index contributed by atoms with van der Waals surface area (Å²) in [5, 5.41) is 15.4. The van der Waals surface area contributed by atoms with Crippen molar-refractivity contribution in [3.63, 3.8) is 0 Å². The number of nitrogens with one attached hydrogen (secondary N) is 1. The number of amides is 1. The molecule has 2 heterocycles. The van der Waals surface area contributed by atoms with Crippen LogP contribution in [0.3, 0.4) is 0 Å². The summed E-state index contributed by atoms with van der Waals surface area (Å²) >= 11 is 2.23. The largest absolute Gasteiger partial charge is 0.324 e. The van der Waals surface area contributed by atoms with Gasteiger partial charge in [-0.25, -0.2) is 9.37 Å². The number of anilines is 1. The van der Waals surface area contributed by atoms with Gasteiger partial charge in [0.15, 0.2) is 5.13 Å². The van der Waals surface area contributed by atoms with Gasteiger partial charge in [-0.3, -0.25) is 20.2 Å². The first-order valence-corrected chi connectivity index (χ1v) is 8.65. The van der Waals surface area contributed by atoms with Gasteiger partial charge in [-0.05, 0) is 36.4 Å². The molecule has 9 heteroatoms. The number of hydrogen-bond acceptors (Lipinski definition) is 6. The van der Waals surface area contributed by atoms with Crippen molar-refractivity contribution in [2.45, 2.75) is 0 Å². The van der Waals surface area contributed by atoms with Crippen LogP contribution in [0.1, 0.15) is 4.88 Å². The molecule has 0 bridgehead atoms. The van der Waals surface area contributed by atoms with E-state index in [1.165, 1.54) is 41.7 Å². The van der Waals surface area contributed by atoms with Gasteiger partial charge in [-0.1, -0.05) is 11.3 Å². The quantitative estimate of drug-likeness (QED) is 0.402. The van der Waals surface area contributed by atoms with Crippen molar-refractivity contribution >= 4 is 44.8 Å². The van der Waals surface area contributed by atoms with Crippen molar-refractivity contribution in [2.24, 2.45) is 0 Å². The molecule has 126 valence electrons. The van der Waals surface area contributed by atoms with Crippen LogP contribution in [0.4, 0.5) is 14.5 Å². The molecule has 0 aliphatic carbocycles. The summed E-state index contributed by atoms with van der Waals surface area (Å²) in [6.07, 6.45) is 2.79. The molecule has 3 aromatic rings. The molecule has 3 rings (SSSR count). The second kappa shape index (κ2) is 7.32. The van der Waals surface area contributed by atoms with Crippen molar-refractivity contribution in [3.05, 3.63) is 68.7 Å². The highest BCUT2D eigenvalue weighted by Gasteiger charge is 2.09. The molecule has 1 aromatic carbocycles. The Bertz CT molecular complexity index is 948. The number of thiazole rings is 1. The maximum absolute atomic E-state index is 12.9. The van der Waals surface area contributed by atoms with Crippen LogP contribution in [0, 0.1) is 15.9 Å². The Morgan fingerprint density at radius 2 is 2.00 bits per heavy atom. The maximum atomic E-state index is 12.9. The number of halogens is 1. The number of thiophene rings is 1. The van der Waals surface area contributed by atoms with Crippen molar-refractivity contribution in [1.29, 1.82) is 0 Å². The van der Waals surface area contributed by atoms with Gasteiger partial charge in [0, 0.05) is 28.0 Å². The lowest BCUT2D eigenvalue weighted by Gasteiger charge is -1.97. The van der Waals surface area contributed by atoms with Crippen molar-refractivity contribution in [2.75, 3.05) is 5.32 Å². The van der Waals surface area contributed by atoms with Gasteiger partial charge < -0.3 is 0 Å². The molecule has 0 spiro atoms. The molecule has 0 aliphatic heterocycles. The van der Waals surface area contributed by atoms with Crippen LogP contribution < -0.4 is 5.32 Å². The van der Waals surface area contributed by atoms with E-state index in [0.717, 1.165) is 16.9 Å². The summed E-state index contributed by atoms with van der Waals surface area (Å²) in [5.41, 5.74) is 1.39. The number of nitro groups is 1. The van der Waals surface area contributed by atoms with Crippen molar-refractivity contribution < 1.29 is 14.1 Å². The molecule has 0 unspecified atom stereocenters. The molecule has 0 fully saturated rings. The Labute approximate surface area is 149 Å². The molecular weight excluding hydrogens is 365 g/mol. The van der Waals surface area contributed by atoms with Crippen LogP contribution in [-0.2, 0) is 4.79 Å². The van der Waals surface area contributed by atoms with E-state index in [2.05, 4.69) is 10.3 Å². The molecule has 25 heavy (non-hydrogen) atoms. The number of benzene rings is 1. The highest BCUT2D eigenvalue weighted by molar-refractivity contribution is 7.16. The van der Waals surface area contributed by atoms with E-state index in [1.54, 1.807) is 23.6 Å². The van der Waals surface area contributed by atoms with Crippen LogP contribution in [0.25, 0.3) is 17.3 Å². The fraction of sp³-hybridized carbons (Fsp3) is 0. The molecular formula is C16H10FN3O3S2. The number of hydrogen-bond donors (Lipinski definition) is 1. The van der Waals surface area contributed by atoms with Gasteiger partial charge in [-0.15, -0.1) is 11.3 Å². The number of aromatic nitrogens is 1. The van der Waals surface area contributed by atoms with Crippen LogP contribution in [0.5, 0.6) is 0 Å². The SMILES string of the molecule is O=C(/C=C/c1ccc([N+](=O)[O-])s1)Nc1nc(-c2ccc(F)cc2)cs1. The lowest BCUT2D eigenvalue weighted by atomic mass is 10.2. The highest BCUT2D eigenvalue weighted by Crippen LogP contribution is 2.26. The minimum absolute atomic E-state index is 0.0175. The minimum atomic E-state index is -0.478. The first-order valence-electron chi connectivity index (χ1n) is 6.96. The Hall–Kier alpha value is -2.91. The lowest BCUT2D eigenvalue weighted by Crippen LogP contribution is -2.07. The van der Waals surface area contributed by atoms with Crippen LogP contribution >= 0.6 is 22.7 Å². The Balaban J connectivity index is 1.64. The molecule has 0 radical (unpaired) electrons. The predicted molar refractivity (Wildman–Crippen MR) is 96.1 cm³/mol. The summed E-state index contributed by atoms with van der Waals surface area (Å²) in [4.78, 5) is 26.9. The molecule has 0 aliphatic rings. The summed E-state index contributed by atoms with van der Waals surface area (Å²) < 4.78 is 12.9. The van der Waals surface area contributed by atoms with Crippen LogP contribution in [0.2, 0.25) is 0 Å². The fourth-order valence-corrected chi connectivity index (χ4v) is 3.37. The molecule has 2 aromatic heterocycles. The number of carbonyl (C=O) groups is 1. The fourth-order valence-electron chi connectivity index (χ4n) is 1.92. The van der Waals surface area contributed by atoms with Crippen LogP contribution in [-0.4, -0.2) is 15.8 Å². The molecule has 1 N–H and O–H groups in total. The van der Waals surface area contributed by atoms with E-state index < -0.39 is 10.8 Å². The third-order valence-corrected chi connectivity index (χ3v) is 4.83. The van der Waals surface area contributed by atoms with Gasteiger partial charge >= 0.3 is 5.00 Å². The lowest BCUT2D eigenvalue weighted by molar-refractivity contribution is -0.380. The van der Waals surface area contributed by atoms with Gasteiger partial charge in [-0.2, -0.15) is 0 Å². The van der Waals surface area contributed by atoms with E-state index in [9.17, 15) is 19.3 Å². The third kappa shape index (κ3) is 4.34. The van der Waals surface area contributed by atoms with E-state index in [0.29, 0.717) is 15.7 Å². The van der Waals surface area contributed by atoms with Crippen molar-refractivity contribution in [1.82, 2.24) is 4.98 Å². The topological polar surface area (TPSA) is 85.1 Å². The Kier molecular flexibility index (Phi) is 4.96. The molecule has 1 amide bonds. The summed E-state index contributed by atoms with van der Waals surface area (Å²) in [6, 6.07) is 8.87. The molecule has 6 nitrogen and oxygen atoms in total. The summed E-state index contributed by atoms with van der Waals surface area (Å²) in [5.74, 6) is -0.720. The monoisotopic (exact) mass is 375 g/mol. The number of nitrogens with zero attached hydrogens (tertiary/aromatic N) is 2. The summed E-state index contributed by atoms with van der Waals surface area (Å²) in [7, 11) is 0. The van der Waals surface area contributed by atoms with Crippen molar-refractivity contribution in [3.8, 4) is 11.3 Å². The van der Waals surface area contributed by atoms with E-state index in [4.69, 9.17) is 0 Å². The van der Waals surface area contributed by atoms with Gasteiger partial charge in [0.05, 0.1) is 10.6 Å². The average Bonchev–Trinajstić information content (AvgIpc) is 3.23. The maximum Gasteiger partial charge on any atom is 0.324 e. The molecule has 0 saturated carbocycles.